The van der Waals surface area contributed by atoms with Crippen LogP contribution < -0.4 is 16.6 Å². The summed E-state index contributed by atoms with van der Waals surface area (Å²) in [6, 6.07) is 0.974. The molecule has 0 unspecified atom stereocenters. The molecule has 0 aliphatic carbocycles. The number of amides is 1. The Balaban J connectivity index is 1.81. The second kappa shape index (κ2) is 6.90. The van der Waals surface area contributed by atoms with E-state index in [9.17, 15) is 14.4 Å². The van der Waals surface area contributed by atoms with Gasteiger partial charge >= 0.3 is 5.69 Å². The lowest BCUT2D eigenvalue weighted by Crippen LogP contribution is -2.28. The normalized spacial score (nSPS) is 13.5. The molecule has 0 aromatic carbocycles. The van der Waals surface area contributed by atoms with Crippen molar-refractivity contribution in [3.63, 3.8) is 0 Å². The topological polar surface area (TPSA) is 149 Å². The zero-order chi connectivity index (χ0) is 18.8. The van der Waals surface area contributed by atoms with Gasteiger partial charge in [-0.15, -0.1) is 0 Å². The van der Waals surface area contributed by atoms with Crippen LogP contribution in [0.3, 0.4) is 0 Å². The van der Waals surface area contributed by atoms with Crippen molar-refractivity contribution < 1.29 is 4.79 Å². The van der Waals surface area contributed by atoms with E-state index in [1.165, 1.54) is 12.3 Å². The minimum absolute atomic E-state index is 0.122. The first-order chi connectivity index (χ1) is 12.4. The van der Waals surface area contributed by atoms with Crippen LogP contribution in [0.1, 0.15) is 61.2 Å². The van der Waals surface area contributed by atoms with Crippen LogP contribution in [-0.2, 0) is 0 Å². The summed E-state index contributed by atoms with van der Waals surface area (Å²) in [4.78, 5) is 48.4. The fourth-order valence-electron chi connectivity index (χ4n) is 2.40. The minimum atomic E-state index is -0.650. The van der Waals surface area contributed by atoms with Gasteiger partial charge < -0.3 is 5.32 Å². The molecule has 3 heterocycles. The lowest BCUT2D eigenvalue weighted by Gasteiger charge is -2.11. The Morgan fingerprint density at radius 2 is 2.04 bits per heavy atom. The second-order valence-corrected chi connectivity index (χ2v) is 6.11. The number of nitrogens with zero attached hydrogens (tertiary/aromatic N) is 3. The number of H-pyrrole nitrogens is 3. The van der Waals surface area contributed by atoms with Gasteiger partial charge in [-0.2, -0.15) is 5.10 Å². The molecule has 10 nitrogen and oxygen atoms in total. The third-order valence-electron chi connectivity index (χ3n) is 4.18. The van der Waals surface area contributed by atoms with E-state index in [0.29, 0.717) is 11.6 Å². The van der Waals surface area contributed by atoms with E-state index >= 15 is 0 Å². The number of fused-ring (bicyclic) bond motifs is 1. The molecule has 136 valence electrons. The number of nitrogens with one attached hydrogen (secondary N) is 4. The summed E-state index contributed by atoms with van der Waals surface area (Å²) in [5.41, 5.74) is -0.934. The lowest BCUT2D eigenvalue weighted by molar-refractivity contribution is 0.0938. The highest BCUT2D eigenvalue weighted by Crippen LogP contribution is 2.16. The van der Waals surface area contributed by atoms with Crippen LogP contribution in [0.5, 0.6) is 0 Å². The number of carbonyl (C=O) groups excluding carboxylic acids is 1. The minimum Gasteiger partial charge on any atom is -0.342 e. The van der Waals surface area contributed by atoms with Crippen molar-refractivity contribution in [1.29, 1.82) is 0 Å². The molecule has 3 aromatic heterocycles. The molecule has 3 aromatic rings. The summed E-state index contributed by atoms with van der Waals surface area (Å²) in [5.74, 6) is 1.05. The molecule has 0 aliphatic heterocycles. The Bertz CT molecular complexity index is 1070. The van der Waals surface area contributed by atoms with Gasteiger partial charge in [0.1, 0.15) is 11.5 Å². The van der Waals surface area contributed by atoms with E-state index in [2.05, 4.69) is 35.5 Å². The maximum absolute atomic E-state index is 12.4. The molecule has 3 rings (SSSR count). The highest BCUT2D eigenvalue weighted by atomic mass is 16.2. The maximum Gasteiger partial charge on any atom is 0.327 e. The van der Waals surface area contributed by atoms with Crippen molar-refractivity contribution >= 4 is 16.9 Å². The fourth-order valence-corrected chi connectivity index (χ4v) is 2.40. The van der Waals surface area contributed by atoms with Crippen molar-refractivity contribution in [2.75, 3.05) is 0 Å². The molecule has 1 amide bonds. The standard InChI is InChI=1S/C16H19N7O3/c1-4-7(2)11-19-12(23-22-11)8(3)18-14(24)9-5-10-13(17-6-9)20-16(26)21-15(10)25/h5-8H,4H2,1-3H3,(H,18,24)(H,19,22,23)(H2,17,20,21,25,26)/t7-,8+/m0/s1. The smallest absolute Gasteiger partial charge is 0.327 e. The molecule has 0 spiro atoms. The monoisotopic (exact) mass is 357 g/mol. The van der Waals surface area contributed by atoms with Crippen molar-refractivity contribution in [3.8, 4) is 0 Å². The summed E-state index contributed by atoms with van der Waals surface area (Å²) in [6.45, 7) is 5.85. The van der Waals surface area contributed by atoms with Crippen LogP contribution in [0.25, 0.3) is 11.0 Å². The predicted molar refractivity (Wildman–Crippen MR) is 94.0 cm³/mol. The highest BCUT2D eigenvalue weighted by Gasteiger charge is 2.18. The van der Waals surface area contributed by atoms with Gasteiger partial charge in [-0.1, -0.05) is 13.8 Å². The van der Waals surface area contributed by atoms with E-state index in [4.69, 9.17) is 0 Å². The number of hydrogen-bond acceptors (Lipinski definition) is 6. The molecule has 0 saturated carbocycles. The summed E-state index contributed by atoms with van der Waals surface area (Å²) < 4.78 is 0. The average Bonchev–Trinajstić information content (AvgIpc) is 3.10. The van der Waals surface area contributed by atoms with Gasteiger partial charge in [0, 0.05) is 12.1 Å². The van der Waals surface area contributed by atoms with Gasteiger partial charge in [-0.05, 0) is 19.4 Å². The third-order valence-corrected chi connectivity index (χ3v) is 4.18. The van der Waals surface area contributed by atoms with Crippen LogP contribution in [0.15, 0.2) is 21.9 Å². The number of aromatic amines is 3. The molecule has 0 fully saturated rings. The zero-order valence-corrected chi connectivity index (χ0v) is 14.6. The summed E-state index contributed by atoms with van der Waals surface area (Å²) in [7, 11) is 0. The molecule has 0 aliphatic rings. The van der Waals surface area contributed by atoms with Crippen molar-refractivity contribution in [3.05, 3.63) is 50.3 Å². The largest absolute Gasteiger partial charge is 0.342 e. The van der Waals surface area contributed by atoms with E-state index in [0.717, 1.165) is 6.42 Å². The summed E-state index contributed by atoms with van der Waals surface area (Å²) >= 11 is 0. The molecule has 10 heteroatoms. The molecular formula is C16H19N7O3. The molecule has 0 saturated heterocycles. The molecule has 4 N–H and O–H groups in total. The Labute approximate surface area is 147 Å². The number of rotatable bonds is 5. The molecule has 0 radical (unpaired) electrons. The van der Waals surface area contributed by atoms with E-state index in [1.54, 1.807) is 6.92 Å². The number of hydrogen-bond donors (Lipinski definition) is 4. The van der Waals surface area contributed by atoms with Gasteiger partial charge in [0.2, 0.25) is 0 Å². The first-order valence-electron chi connectivity index (χ1n) is 8.24. The first kappa shape index (κ1) is 17.5. The van der Waals surface area contributed by atoms with Gasteiger partial charge in [0.15, 0.2) is 5.82 Å². The van der Waals surface area contributed by atoms with Crippen LogP contribution in [0.4, 0.5) is 0 Å². The van der Waals surface area contributed by atoms with Gasteiger partial charge in [0.05, 0.1) is 17.0 Å². The molecular weight excluding hydrogens is 338 g/mol. The van der Waals surface area contributed by atoms with Crippen molar-refractivity contribution in [1.82, 2.24) is 35.5 Å². The van der Waals surface area contributed by atoms with E-state index in [1.807, 2.05) is 13.8 Å². The molecule has 2 atom stereocenters. The van der Waals surface area contributed by atoms with Crippen molar-refractivity contribution in [2.24, 2.45) is 0 Å². The van der Waals surface area contributed by atoms with Crippen LogP contribution in [-0.4, -0.2) is 36.0 Å². The fraction of sp³-hybridized carbons (Fsp3) is 0.375. The Kier molecular flexibility index (Phi) is 4.65. The number of carbonyl (C=O) groups is 1. The quantitative estimate of drug-likeness (QED) is 0.529. The molecule has 0 bridgehead atoms. The van der Waals surface area contributed by atoms with Crippen LogP contribution in [0, 0.1) is 0 Å². The van der Waals surface area contributed by atoms with Crippen LogP contribution >= 0.6 is 0 Å². The Hall–Kier alpha value is -3.30. The number of aromatic nitrogens is 6. The zero-order valence-electron chi connectivity index (χ0n) is 14.6. The number of pyridine rings is 1. The first-order valence-corrected chi connectivity index (χ1v) is 8.24. The SMILES string of the molecule is CC[C@H](C)c1n[nH]c([C@@H](C)NC(=O)c2cnc3[nH]c(=O)[nH]c(=O)c3c2)n1. The average molecular weight is 357 g/mol. The Morgan fingerprint density at radius 1 is 1.27 bits per heavy atom. The van der Waals surface area contributed by atoms with Crippen LogP contribution in [0.2, 0.25) is 0 Å². The van der Waals surface area contributed by atoms with Crippen molar-refractivity contribution in [2.45, 2.75) is 39.2 Å². The second-order valence-electron chi connectivity index (χ2n) is 6.11. The van der Waals surface area contributed by atoms with E-state index in [-0.39, 0.29) is 22.5 Å². The van der Waals surface area contributed by atoms with Gasteiger partial charge in [-0.25, -0.2) is 14.8 Å². The maximum atomic E-state index is 12.4. The van der Waals surface area contributed by atoms with E-state index < -0.39 is 23.2 Å². The van der Waals surface area contributed by atoms with Gasteiger partial charge in [-0.3, -0.25) is 24.7 Å². The highest BCUT2D eigenvalue weighted by molar-refractivity contribution is 5.96. The predicted octanol–water partition coefficient (Wildman–Crippen LogP) is 0.734. The third kappa shape index (κ3) is 3.39. The summed E-state index contributed by atoms with van der Waals surface area (Å²) in [5, 5.41) is 9.92. The summed E-state index contributed by atoms with van der Waals surface area (Å²) in [6.07, 6.45) is 2.21. The van der Waals surface area contributed by atoms with Gasteiger partial charge in [0.25, 0.3) is 11.5 Å². The Morgan fingerprint density at radius 3 is 2.77 bits per heavy atom. The molecule has 26 heavy (non-hydrogen) atoms. The lowest BCUT2D eigenvalue weighted by atomic mass is 10.1.